The van der Waals surface area contributed by atoms with Crippen molar-refractivity contribution in [1.29, 1.82) is 0 Å². The van der Waals surface area contributed by atoms with Crippen LogP contribution in [0.4, 0.5) is 0 Å². The molecular weight excluding hydrogens is 518 g/mol. The molecule has 4 N–H and O–H groups in total. The third kappa shape index (κ3) is 4.46. The summed E-state index contributed by atoms with van der Waals surface area (Å²) in [6.07, 6.45) is 0.267. The van der Waals surface area contributed by atoms with Crippen LogP contribution < -0.4 is 10.5 Å². The first kappa shape index (κ1) is 17.3. The molecule has 7 heteroatoms. The van der Waals surface area contributed by atoms with E-state index in [0.29, 0.717) is 15.1 Å². The second-order valence-corrected chi connectivity index (χ2v) is 6.95. The normalized spacial score (nSPS) is 12.0. The van der Waals surface area contributed by atoms with Crippen LogP contribution in [-0.4, -0.2) is 22.2 Å². The molecule has 1 unspecified atom stereocenters. The lowest BCUT2D eigenvalue weighted by Crippen LogP contribution is -2.32. The zero-order chi connectivity index (χ0) is 16.3. The Kier molecular flexibility index (Phi) is 5.87. The molecule has 0 amide bonds. The van der Waals surface area contributed by atoms with E-state index in [1.54, 1.807) is 30.3 Å². The molecule has 5 nitrogen and oxygen atoms in total. The average molecular weight is 531 g/mol. The number of phenolic OH excluding ortho intramolecular Hbond substituents is 1. The van der Waals surface area contributed by atoms with Crippen LogP contribution in [-0.2, 0) is 11.2 Å². The molecule has 2 aromatic rings. The molecule has 0 aromatic heterocycles. The lowest BCUT2D eigenvalue weighted by molar-refractivity contribution is -0.138. The number of carboxylic acid groups (broad SMARTS) is 1. The van der Waals surface area contributed by atoms with Crippen molar-refractivity contribution >= 4 is 51.2 Å². The van der Waals surface area contributed by atoms with Gasteiger partial charge in [0.25, 0.3) is 0 Å². The van der Waals surface area contributed by atoms with E-state index in [-0.39, 0.29) is 12.2 Å². The summed E-state index contributed by atoms with van der Waals surface area (Å²) in [5.41, 5.74) is 6.37. The first-order valence-electron chi connectivity index (χ1n) is 6.30. The van der Waals surface area contributed by atoms with E-state index in [1.165, 1.54) is 0 Å². The smallest absolute Gasteiger partial charge is 0.320 e. The van der Waals surface area contributed by atoms with Gasteiger partial charge in [0.15, 0.2) is 0 Å². The number of hydrogen-bond donors (Lipinski definition) is 3. The van der Waals surface area contributed by atoms with Crippen LogP contribution in [0, 0.1) is 7.14 Å². The molecule has 0 heterocycles. The van der Waals surface area contributed by atoms with Crippen molar-refractivity contribution in [2.75, 3.05) is 0 Å². The number of hydrogen-bond acceptors (Lipinski definition) is 4. The Bertz CT molecular complexity index is 706. The average Bonchev–Trinajstić information content (AvgIpc) is 2.45. The summed E-state index contributed by atoms with van der Waals surface area (Å²) in [7, 11) is 0. The van der Waals surface area contributed by atoms with Gasteiger partial charge in [0.1, 0.15) is 23.3 Å². The topological polar surface area (TPSA) is 92.8 Å². The number of aromatic hydroxyl groups is 1. The predicted molar refractivity (Wildman–Crippen MR) is 99.4 cm³/mol. The second kappa shape index (κ2) is 7.47. The first-order valence-corrected chi connectivity index (χ1v) is 8.45. The predicted octanol–water partition coefficient (Wildman–Crippen LogP) is 3.35. The Morgan fingerprint density at radius 3 is 2.50 bits per heavy atom. The molecule has 22 heavy (non-hydrogen) atoms. The summed E-state index contributed by atoms with van der Waals surface area (Å²) in [5, 5.41) is 18.3. The molecule has 0 spiro atoms. The van der Waals surface area contributed by atoms with E-state index < -0.39 is 12.0 Å². The maximum absolute atomic E-state index is 10.8. The number of rotatable bonds is 5. The number of nitrogens with two attached hydrogens (primary N) is 1. The lowest BCUT2D eigenvalue weighted by Gasteiger charge is -2.11. The standard InChI is InChI=1S/C15H13I2NO4/c16-10-7-9(2-3-13(10)19)22-14-4-1-8(5-11(14)17)6-12(18)15(20)21/h1-5,7,12,19H,6,18H2,(H,20,21)/i2+1,3+1,7+1,9+1,10+1,13+1. The van der Waals surface area contributed by atoms with Crippen LogP contribution in [0.3, 0.4) is 0 Å². The van der Waals surface area contributed by atoms with E-state index >= 15 is 0 Å². The van der Waals surface area contributed by atoms with Gasteiger partial charge < -0.3 is 20.7 Å². The Morgan fingerprint density at radius 1 is 1.18 bits per heavy atom. The number of ether oxygens (including phenoxy) is 1. The van der Waals surface area contributed by atoms with Gasteiger partial charge in [-0.25, -0.2) is 0 Å². The minimum absolute atomic E-state index is 0.209. The third-order valence-electron chi connectivity index (χ3n) is 2.92. The van der Waals surface area contributed by atoms with Gasteiger partial charge in [-0.15, -0.1) is 0 Å². The minimum atomic E-state index is -1.02. The fourth-order valence-corrected chi connectivity index (χ4v) is 2.95. The highest BCUT2D eigenvalue weighted by Crippen LogP contribution is 2.31. The zero-order valence-electron chi connectivity index (χ0n) is 11.3. The maximum Gasteiger partial charge on any atom is 0.320 e. The van der Waals surface area contributed by atoms with Crippen LogP contribution in [0.2, 0.25) is 0 Å². The molecule has 0 saturated heterocycles. The lowest BCUT2D eigenvalue weighted by atomic mass is 10.1. The number of benzene rings is 2. The molecule has 0 aliphatic heterocycles. The van der Waals surface area contributed by atoms with Crippen molar-refractivity contribution in [3.8, 4) is 17.2 Å². The van der Waals surface area contributed by atoms with Gasteiger partial charge >= 0.3 is 5.97 Å². The number of carbonyl (C=O) groups is 1. The van der Waals surface area contributed by atoms with Gasteiger partial charge in [-0.05, 0) is 87.5 Å². The third-order valence-corrected chi connectivity index (χ3v) is 4.62. The van der Waals surface area contributed by atoms with Gasteiger partial charge in [-0.1, -0.05) is 6.07 Å². The van der Waals surface area contributed by atoms with Crippen molar-refractivity contribution in [3.05, 3.63) is 49.1 Å². The molecule has 2 aromatic carbocycles. The number of carboxylic acids is 1. The highest BCUT2D eigenvalue weighted by atomic mass is 127. The van der Waals surface area contributed by atoms with E-state index in [4.69, 9.17) is 15.6 Å². The van der Waals surface area contributed by atoms with Gasteiger partial charge in [-0.2, -0.15) is 0 Å². The van der Waals surface area contributed by atoms with E-state index in [2.05, 4.69) is 22.6 Å². The van der Waals surface area contributed by atoms with E-state index in [0.717, 1.165) is 9.13 Å². The molecule has 0 radical (unpaired) electrons. The monoisotopic (exact) mass is 531 g/mol. The van der Waals surface area contributed by atoms with Crippen molar-refractivity contribution < 1.29 is 19.7 Å². The highest BCUT2D eigenvalue weighted by Gasteiger charge is 2.13. The van der Waals surface area contributed by atoms with Crippen LogP contribution in [0.25, 0.3) is 0 Å². The number of phenols is 1. The SMILES string of the molecule is NC(Cc1ccc(O[13c]2[13cH][13cH][13c](O)[13c](I)[13cH]2)c(I)c1)C(=O)O. The summed E-state index contributed by atoms with van der Waals surface area (Å²) in [5.74, 6) is 0.472. The molecule has 0 saturated carbocycles. The summed E-state index contributed by atoms with van der Waals surface area (Å²) in [6, 6.07) is 9.51. The minimum Gasteiger partial charge on any atom is -0.507 e. The molecule has 0 fully saturated rings. The summed E-state index contributed by atoms with van der Waals surface area (Å²) < 4.78 is 7.34. The van der Waals surface area contributed by atoms with Crippen molar-refractivity contribution in [1.82, 2.24) is 0 Å². The molecule has 116 valence electrons. The van der Waals surface area contributed by atoms with Gasteiger partial charge in [0.2, 0.25) is 0 Å². The number of halogens is 2. The highest BCUT2D eigenvalue weighted by molar-refractivity contribution is 14.1. The molecule has 1 atom stereocenters. The molecule has 2 rings (SSSR count). The Hall–Kier alpha value is -1.07. The van der Waals surface area contributed by atoms with Crippen molar-refractivity contribution in [2.45, 2.75) is 12.5 Å². The summed E-state index contributed by atoms with van der Waals surface area (Å²) in [6.45, 7) is 0. The Morgan fingerprint density at radius 2 is 1.91 bits per heavy atom. The quantitative estimate of drug-likeness (QED) is 0.516. The molecule has 0 aliphatic rings. The van der Waals surface area contributed by atoms with Crippen molar-refractivity contribution in [3.63, 3.8) is 0 Å². The van der Waals surface area contributed by atoms with Gasteiger partial charge in [-0.3, -0.25) is 4.79 Å². The zero-order valence-corrected chi connectivity index (χ0v) is 15.6. The fraction of sp³-hybridized carbons (Fsp3) is 0.133. The molecular formula is C15H13I2NO4. The van der Waals surface area contributed by atoms with Crippen molar-refractivity contribution in [2.24, 2.45) is 5.73 Å². The largest absolute Gasteiger partial charge is 0.507 e. The van der Waals surface area contributed by atoms with Crippen LogP contribution in [0.5, 0.6) is 17.2 Å². The first-order chi connectivity index (χ1) is 10.4. The van der Waals surface area contributed by atoms with Gasteiger partial charge in [0.05, 0.1) is 7.14 Å². The van der Waals surface area contributed by atoms with E-state index in [9.17, 15) is 9.90 Å². The fourth-order valence-electron chi connectivity index (χ4n) is 1.77. The maximum atomic E-state index is 10.8. The Labute approximate surface area is 154 Å². The van der Waals surface area contributed by atoms with Crippen LogP contribution in [0.15, 0.2) is 36.4 Å². The second-order valence-electron chi connectivity index (χ2n) is 4.63. The summed E-state index contributed by atoms with van der Waals surface area (Å²) in [4.78, 5) is 10.8. The molecule has 0 aliphatic carbocycles. The molecule has 0 bridgehead atoms. The summed E-state index contributed by atoms with van der Waals surface area (Å²) >= 11 is 4.15. The Balaban J connectivity index is 2.15. The van der Waals surface area contributed by atoms with E-state index in [1.807, 2.05) is 28.7 Å². The van der Waals surface area contributed by atoms with Crippen LogP contribution >= 0.6 is 45.2 Å². The van der Waals surface area contributed by atoms with Crippen LogP contribution in [0.1, 0.15) is 5.56 Å². The van der Waals surface area contributed by atoms with Gasteiger partial charge in [0, 0.05) is 0 Å². The number of aliphatic carboxylic acids is 1.